The molecular formula is C29H21Cl3N2S. The maximum Gasteiger partial charge on any atom is 0.174 e. The third kappa shape index (κ3) is 4.25. The minimum Gasteiger partial charge on any atom is -0.308 e. The highest BCUT2D eigenvalue weighted by Gasteiger charge is 2.40. The lowest BCUT2D eigenvalue weighted by atomic mass is 9.82. The molecular weight excluding hydrogens is 515 g/mol. The van der Waals surface area contributed by atoms with Crippen LogP contribution in [0.3, 0.4) is 0 Å². The zero-order chi connectivity index (χ0) is 23.9. The Balaban J connectivity index is 1.52. The number of benzene rings is 3. The topological polar surface area (TPSA) is 15.6 Å². The van der Waals surface area contributed by atoms with Gasteiger partial charge >= 0.3 is 0 Å². The van der Waals surface area contributed by atoms with E-state index < -0.39 is 0 Å². The summed E-state index contributed by atoms with van der Waals surface area (Å²) in [5.74, 6) is 0. The number of halogens is 3. The van der Waals surface area contributed by atoms with Crippen LogP contribution in [0.2, 0.25) is 15.1 Å². The average Bonchev–Trinajstić information content (AvgIpc) is 3.29. The van der Waals surface area contributed by atoms with E-state index in [1.807, 2.05) is 42.5 Å². The maximum absolute atomic E-state index is 6.82. The van der Waals surface area contributed by atoms with Crippen LogP contribution in [0.1, 0.15) is 42.0 Å². The van der Waals surface area contributed by atoms with Crippen LogP contribution in [-0.4, -0.2) is 10.1 Å². The predicted octanol–water partition coefficient (Wildman–Crippen LogP) is 9.63. The number of rotatable bonds is 3. The number of allylic oxidation sites excluding steroid dienone is 1. The Hall–Kier alpha value is -2.43. The summed E-state index contributed by atoms with van der Waals surface area (Å²) in [7, 11) is 0. The van der Waals surface area contributed by atoms with E-state index in [0.29, 0.717) is 0 Å². The van der Waals surface area contributed by atoms with E-state index in [9.17, 15) is 0 Å². The molecule has 2 aliphatic heterocycles. The summed E-state index contributed by atoms with van der Waals surface area (Å²) in [5.41, 5.74) is 7.94. The minimum atomic E-state index is -0.0296. The number of hydrogen-bond acceptors (Lipinski definition) is 3. The molecule has 1 unspecified atom stereocenters. The molecule has 1 atom stereocenters. The Kier molecular flexibility index (Phi) is 6.28. The second-order valence-electron chi connectivity index (χ2n) is 8.73. The van der Waals surface area contributed by atoms with Gasteiger partial charge in [0.2, 0.25) is 0 Å². The van der Waals surface area contributed by atoms with Crippen molar-refractivity contribution in [3.05, 3.63) is 127 Å². The summed E-state index contributed by atoms with van der Waals surface area (Å²) < 4.78 is 0. The molecule has 0 saturated heterocycles. The molecule has 0 N–H and O–H groups in total. The summed E-state index contributed by atoms with van der Waals surface area (Å²) in [6.07, 6.45) is 5.20. The SMILES string of the molecule is Clc1ccc(C2=CSC3=NC4=C(CCC/C4=C\c4ccccc4Cl)C(c4ccccc4Cl)N23)cc1. The van der Waals surface area contributed by atoms with Gasteiger partial charge in [-0.15, -0.1) is 0 Å². The molecule has 0 radical (unpaired) electrons. The summed E-state index contributed by atoms with van der Waals surface area (Å²) in [6.45, 7) is 0. The lowest BCUT2D eigenvalue weighted by molar-refractivity contribution is 0.458. The molecule has 0 fully saturated rings. The third-order valence-electron chi connectivity index (χ3n) is 6.61. The lowest BCUT2D eigenvalue weighted by Gasteiger charge is -2.40. The Bertz CT molecular complexity index is 1440. The van der Waals surface area contributed by atoms with Crippen LogP contribution in [0.25, 0.3) is 11.8 Å². The fourth-order valence-corrected chi connectivity index (χ4v) is 6.48. The Morgan fingerprint density at radius 2 is 1.60 bits per heavy atom. The van der Waals surface area contributed by atoms with Crippen LogP contribution >= 0.6 is 46.6 Å². The van der Waals surface area contributed by atoms with Gasteiger partial charge < -0.3 is 4.90 Å². The molecule has 0 bridgehead atoms. The molecule has 0 amide bonds. The van der Waals surface area contributed by atoms with Gasteiger partial charge in [0.25, 0.3) is 0 Å². The Morgan fingerprint density at radius 1 is 0.857 bits per heavy atom. The largest absolute Gasteiger partial charge is 0.308 e. The Morgan fingerprint density at radius 3 is 2.37 bits per heavy atom. The molecule has 2 nitrogen and oxygen atoms in total. The monoisotopic (exact) mass is 534 g/mol. The zero-order valence-electron chi connectivity index (χ0n) is 18.7. The molecule has 3 aliphatic rings. The average molecular weight is 536 g/mol. The second kappa shape index (κ2) is 9.55. The lowest BCUT2D eigenvalue weighted by Crippen LogP contribution is -2.35. The van der Waals surface area contributed by atoms with Crippen LogP contribution in [-0.2, 0) is 0 Å². The Labute approximate surface area is 224 Å². The van der Waals surface area contributed by atoms with Gasteiger partial charge in [-0.2, -0.15) is 0 Å². The number of aliphatic imine (C=N–C) groups is 1. The smallest absolute Gasteiger partial charge is 0.174 e. The van der Waals surface area contributed by atoms with Crippen molar-refractivity contribution in [2.24, 2.45) is 4.99 Å². The first kappa shape index (κ1) is 23.0. The van der Waals surface area contributed by atoms with Gasteiger partial charge in [-0.3, -0.25) is 0 Å². The fraction of sp³-hybridized carbons (Fsp3) is 0.138. The number of hydrogen-bond donors (Lipinski definition) is 0. The van der Waals surface area contributed by atoms with Crippen molar-refractivity contribution < 1.29 is 0 Å². The highest BCUT2D eigenvalue weighted by atomic mass is 35.5. The third-order valence-corrected chi connectivity index (χ3v) is 8.39. The zero-order valence-corrected chi connectivity index (χ0v) is 21.8. The van der Waals surface area contributed by atoms with Crippen molar-refractivity contribution in [3.8, 4) is 0 Å². The predicted molar refractivity (Wildman–Crippen MR) is 151 cm³/mol. The van der Waals surface area contributed by atoms with E-state index in [4.69, 9.17) is 39.8 Å². The van der Waals surface area contributed by atoms with Crippen molar-refractivity contribution in [2.75, 3.05) is 0 Å². The molecule has 1 aliphatic carbocycles. The van der Waals surface area contributed by atoms with Gasteiger partial charge in [-0.05, 0) is 77.4 Å². The standard InChI is InChI=1S/C29H21Cl3N2S/c30-21-14-12-18(13-15-21)26-17-35-29-33-27-20(16-19-6-1-3-10-24(19)31)7-5-9-23(27)28(34(26)29)22-8-2-4-11-25(22)32/h1-4,6,8,10-17,28H,5,7,9H2/b20-16+. The van der Waals surface area contributed by atoms with Crippen LogP contribution in [0.5, 0.6) is 0 Å². The summed E-state index contributed by atoms with van der Waals surface area (Å²) in [4.78, 5) is 7.56. The van der Waals surface area contributed by atoms with Gasteiger partial charge in [-0.25, -0.2) is 4.99 Å². The van der Waals surface area contributed by atoms with E-state index in [1.165, 1.54) is 11.1 Å². The van der Waals surface area contributed by atoms with Crippen molar-refractivity contribution in [1.82, 2.24) is 4.90 Å². The highest BCUT2D eigenvalue weighted by molar-refractivity contribution is 8.16. The maximum atomic E-state index is 6.82. The molecule has 6 heteroatoms. The molecule has 0 spiro atoms. The van der Waals surface area contributed by atoms with Crippen molar-refractivity contribution in [2.45, 2.75) is 25.3 Å². The molecule has 3 aromatic carbocycles. The van der Waals surface area contributed by atoms with E-state index >= 15 is 0 Å². The van der Waals surface area contributed by atoms with Crippen molar-refractivity contribution in [3.63, 3.8) is 0 Å². The summed E-state index contributed by atoms with van der Waals surface area (Å²) >= 11 is 21.2. The fourth-order valence-electron chi connectivity index (χ4n) is 5.00. The number of thioether (sulfide) groups is 1. The number of amidine groups is 1. The van der Waals surface area contributed by atoms with Gasteiger partial charge in [-0.1, -0.05) is 95.1 Å². The number of fused-ring (bicyclic) bond motifs is 1. The molecule has 2 heterocycles. The van der Waals surface area contributed by atoms with E-state index in [2.05, 4.69) is 46.7 Å². The molecule has 6 rings (SSSR count). The van der Waals surface area contributed by atoms with E-state index in [0.717, 1.165) is 67.6 Å². The number of nitrogens with zero attached hydrogens (tertiary/aromatic N) is 2. The molecule has 174 valence electrons. The summed E-state index contributed by atoms with van der Waals surface area (Å²) in [5, 5.41) is 5.39. The molecule has 35 heavy (non-hydrogen) atoms. The quantitative estimate of drug-likeness (QED) is 0.332. The van der Waals surface area contributed by atoms with Gasteiger partial charge in [0.15, 0.2) is 5.17 Å². The van der Waals surface area contributed by atoms with Crippen LogP contribution in [0, 0.1) is 0 Å². The molecule has 0 saturated carbocycles. The van der Waals surface area contributed by atoms with E-state index in [1.54, 1.807) is 11.8 Å². The normalized spacial score (nSPS) is 20.5. The minimum absolute atomic E-state index is 0.0296. The van der Waals surface area contributed by atoms with E-state index in [-0.39, 0.29) is 6.04 Å². The highest BCUT2D eigenvalue weighted by Crippen LogP contribution is 2.52. The van der Waals surface area contributed by atoms with Crippen molar-refractivity contribution >= 4 is 63.5 Å². The van der Waals surface area contributed by atoms with Crippen LogP contribution in [0.15, 0.2) is 100 Å². The van der Waals surface area contributed by atoms with Gasteiger partial charge in [0, 0.05) is 20.5 Å². The first-order valence-electron chi connectivity index (χ1n) is 11.5. The molecule has 0 aromatic heterocycles. The molecule has 3 aromatic rings. The first-order chi connectivity index (χ1) is 17.1. The first-order valence-corrected chi connectivity index (χ1v) is 13.5. The van der Waals surface area contributed by atoms with Crippen LogP contribution in [0.4, 0.5) is 0 Å². The summed E-state index contributed by atoms with van der Waals surface area (Å²) in [6, 6.07) is 24.1. The second-order valence-corrected chi connectivity index (χ2v) is 10.8. The van der Waals surface area contributed by atoms with Crippen LogP contribution < -0.4 is 0 Å². The van der Waals surface area contributed by atoms with Gasteiger partial charge in [0.05, 0.1) is 17.4 Å². The van der Waals surface area contributed by atoms with Crippen molar-refractivity contribution in [1.29, 1.82) is 0 Å². The van der Waals surface area contributed by atoms with Gasteiger partial charge in [0.1, 0.15) is 0 Å².